The van der Waals surface area contributed by atoms with E-state index in [9.17, 15) is 14.9 Å². The lowest BCUT2D eigenvalue weighted by atomic mass is 9.66. The van der Waals surface area contributed by atoms with Crippen molar-refractivity contribution in [2.45, 2.75) is 38.7 Å². The van der Waals surface area contributed by atoms with Gasteiger partial charge in [-0.15, -0.1) is 0 Å². The Labute approximate surface area is 134 Å². The molecule has 0 unspecified atom stereocenters. The van der Waals surface area contributed by atoms with E-state index in [1.165, 1.54) is 12.1 Å². The van der Waals surface area contributed by atoms with Crippen LogP contribution >= 0.6 is 0 Å². The van der Waals surface area contributed by atoms with E-state index in [0.717, 1.165) is 19.3 Å². The lowest BCUT2D eigenvalue weighted by Gasteiger charge is -2.39. The third kappa shape index (κ3) is 1.59. The van der Waals surface area contributed by atoms with Gasteiger partial charge in [0.05, 0.1) is 11.5 Å². The first kappa shape index (κ1) is 14.6. The SMILES string of the molecule is C[C@@]12CC[C@H]3C[C@]1(C(=O)Nc1cccc([N+](=O)[O-])c1)OC[C@]32C. The number of non-ortho nitro benzene ring substituents is 1. The first-order chi connectivity index (χ1) is 10.8. The van der Waals surface area contributed by atoms with Gasteiger partial charge in [-0.05, 0) is 31.2 Å². The number of rotatable bonds is 3. The zero-order valence-electron chi connectivity index (χ0n) is 13.3. The van der Waals surface area contributed by atoms with E-state index in [0.29, 0.717) is 18.2 Å². The Balaban J connectivity index is 1.64. The zero-order valence-corrected chi connectivity index (χ0v) is 13.3. The van der Waals surface area contributed by atoms with E-state index < -0.39 is 10.5 Å². The fourth-order valence-corrected chi connectivity index (χ4v) is 5.19. The predicted octanol–water partition coefficient (Wildman–Crippen LogP) is 3.13. The van der Waals surface area contributed by atoms with Gasteiger partial charge in [0.15, 0.2) is 5.60 Å². The highest BCUT2D eigenvalue weighted by Crippen LogP contribution is 2.75. The Morgan fingerprint density at radius 1 is 1.43 bits per heavy atom. The van der Waals surface area contributed by atoms with Crippen LogP contribution in [0, 0.1) is 26.9 Å². The van der Waals surface area contributed by atoms with Crippen LogP contribution in [-0.4, -0.2) is 23.0 Å². The molecule has 0 aromatic heterocycles. The topological polar surface area (TPSA) is 81.5 Å². The Morgan fingerprint density at radius 2 is 2.22 bits per heavy atom. The van der Waals surface area contributed by atoms with Crippen molar-refractivity contribution in [2.75, 3.05) is 11.9 Å². The average molecular weight is 316 g/mol. The van der Waals surface area contributed by atoms with Crippen molar-refractivity contribution in [3.05, 3.63) is 34.4 Å². The molecule has 1 amide bonds. The molecule has 122 valence electrons. The molecule has 1 aliphatic heterocycles. The Hall–Kier alpha value is -1.95. The van der Waals surface area contributed by atoms with Crippen LogP contribution in [0.4, 0.5) is 11.4 Å². The average Bonchev–Trinajstić information content (AvgIpc) is 2.99. The summed E-state index contributed by atoms with van der Waals surface area (Å²) in [7, 11) is 0. The van der Waals surface area contributed by atoms with Crippen molar-refractivity contribution < 1.29 is 14.5 Å². The third-order valence-corrected chi connectivity index (χ3v) is 6.88. The molecule has 2 aliphatic carbocycles. The van der Waals surface area contributed by atoms with Gasteiger partial charge in [0.2, 0.25) is 0 Å². The van der Waals surface area contributed by atoms with E-state index in [-0.39, 0.29) is 22.4 Å². The van der Waals surface area contributed by atoms with Gasteiger partial charge in [-0.1, -0.05) is 19.9 Å². The van der Waals surface area contributed by atoms with Crippen molar-refractivity contribution in [1.82, 2.24) is 0 Å². The summed E-state index contributed by atoms with van der Waals surface area (Å²) in [5.41, 5.74) is -0.476. The first-order valence-corrected chi connectivity index (χ1v) is 8.02. The number of anilines is 1. The van der Waals surface area contributed by atoms with Crippen LogP contribution in [0.25, 0.3) is 0 Å². The molecule has 4 rings (SSSR count). The summed E-state index contributed by atoms with van der Waals surface area (Å²) in [4.78, 5) is 23.4. The molecular formula is C17H20N2O4. The first-order valence-electron chi connectivity index (χ1n) is 8.02. The molecule has 1 heterocycles. The number of nitrogens with one attached hydrogen (secondary N) is 1. The molecule has 4 bridgehead atoms. The number of benzene rings is 1. The predicted molar refractivity (Wildman–Crippen MR) is 84.0 cm³/mol. The number of nitro groups is 1. The largest absolute Gasteiger partial charge is 0.364 e. The van der Waals surface area contributed by atoms with E-state index in [2.05, 4.69) is 19.2 Å². The molecule has 6 nitrogen and oxygen atoms in total. The standard InChI is InChI=1S/C17H20N2O4/c1-15-10-23-17(9-11(15)6-7-16(15,17)2)14(20)18-12-4-3-5-13(8-12)19(21)22/h3-5,8,11H,6-7,9-10H2,1-2H3,(H,18,20)/t11-,15+,16-,17+/m0/s1. The summed E-state index contributed by atoms with van der Waals surface area (Å²) in [6.45, 7) is 5.02. The second kappa shape index (κ2) is 4.32. The van der Waals surface area contributed by atoms with Crippen LogP contribution in [0.1, 0.15) is 33.1 Å². The van der Waals surface area contributed by atoms with Gasteiger partial charge >= 0.3 is 0 Å². The number of hydrogen-bond acceptors (Lipinski definition) is 4. The summed E-state index contributed by atoms with van der Waals surface area (Å²) < 4.78 is 6.05. The molecule has 3 fully saturated rings. The van der Waals surface area contributed by atoms with Crippen molar-refractivity contribution in [3.63, 3.8) is 0 Å². The molecule has 1 aromatic carbocycles. The maximum absolute atomic E-state index is 13.0. The van der Waals surface area contributed by atoms with Crippen molar-refractivity contribution in [1.29, 1.82) is 0 Å². The summed E-state index contributed by atoms with van der Waals surface area (Å²) in [5, 5.41) is 13.7. The monoisotopic (exact) mass is 316 g/mol. The number of carbonyl (C=O) groups is 1. The van der Waals surface area contributed by atoms with Gasteiger partial charge in [-0.2, -0.15) is 0 Å². The molecule has 6 heteroatoms. The smallest absolute Gasteiger partial charge is 0.271 e. The second-order valence-corrected chi connectivity index (χ2v) is 7.57. The fraction of sp³-hybridized carbons (Fsp3) is 0.588. The molecular weight excluding hydrogens is 296 g/mol. The minimum absolute atomic E-state index is 0.0309. The van der Waals surface area contributed by atoms with Crippen molar-refractivity contribution in [2.24, 2.45) is 16.7 Å². The quantitative estimate of drug-likeness (QED) is 0.686. The maximum atomic E-state index is 13.0. The van der Waals surface area contributed by atoms with Crippen LogP contribution in [0.3, 0.4) is 0 Å². The third-order valence-electron chi connectivity index (χ3n) is 6.88. The number of amides is 1. The fourth-order valence-electron chi connectivity index (χ4n) is 5.19. The maximum Gasteiger partial charge on any atom is 0.271 e. The molecule has 3 aliphatic rings. The lowest BCUT2D eigenvalue weighted by Crippen LogP contribution is -2.52. The molecule has 2 saturated carbocycles. The molecule has 1 aromatic rings. The van der Waals surface area contributed by atoms with E-state index >= 15 is 0 Å². The van der Waals surface area contributed by atoms with E-state index in [1.54, 1.807) is 12.1 Å². The van der Waals surface area contributed by atoms with Gasteiger partial charge in [-0.3, -0.25) is 14.9 Å². The van der Waals surface area contributed by atoms with Crippen LogP contribution in [0.5, 0.6) is 0 Å². The van der Waals surface area contributed by atoms with Crippen LogP contribution in [-0.2, 0) is 9.53 Å². The van der Waals surface area contributed by atoms with Gasteiger partial charge in [-0.25, -0.2) is 0 Å². The Morgan fingerprint density at radius 3 is 2.87 bits per heavy atom. The number of carbonyl (C=O) groups excluding carboxylic acids is 1. The summed E-state index contributed by atoms with van der Waals surface area (Å²) in [5.74, 6) is 0.364. The minimum atomic E-state index is -0.796. The zero-order chi connectivity index (χ0) is 16.5. The molecule has 1 N–H and O–H groups in total. The summed E-state index contributed by atoms with van der Waals surface area (Å²) >= 11 is 0. The number of nitrogens with zero attached hydrogens (tertiary/aromatic N) is 1. The highest BCUT2D eigenvalue weighted by molar-refractivity contribution is 5.99. The normalized spacial score (nSPS) is 40.3. The molecule has 0 spiro atoms. The minimum Gasteiger partial charge on any atom is -0.364 e. The molecule has 23 heavy (non-hydrogen) atoms. The highest BCUT2D eigenvalue weighted by Gasteiger charge is 2.78. The van der Waals surface area contributed by atoms with Gasteiger partial charge in [0.1, 0.15) is 0 Å². The second-order valence-electron chi connectivity index (χ2n) is 7.57. The van der Waals surface area contributed by atoms with Gasteiger partial charge in [0, 0.05) is 28.7 Å². The Kier molecular flexibility index (Phi) is 2.75. The number of nitro benzene ring substituents is 1. The van der Waals surface area contributed by atoms with Crippen molar-refractivity contribution >= 4 is 17.3 Å². The number of hydrogen-bond donors (Lipinski definition) is 1. The van der Waals surface area contributed by atoms with Crippen LogP contribution < -0.4 is 5.32 Å². The van der Waals surface area contributed by atoms with E-state index in [4.69, 9.17) is 4.74 Å². The number of ether oxygens (including phenoxy) is 1. The molecule has 1 saturated heterocycles. The lowest BCUT2D eigenvalue weighted by molar-refractivity contribution is -0.384. The van der Waals surface area contributed by atoms with Crippen LogP contribution in [0.15, 0.2) is 24.3 Å². The molecule has 0 radical (unpaired) electrons. The summed E-state index contributed by atoms with van der Waals surface area (Å²) in [6.07, 6.45) is 2.90. The Bertz CT molecular complexity index is 720. The molecule has 4 atom stereocenters. The van der Waals surface area contributed by atoms with Gasteiger partial charge < -0.3 is 10.1 Å². The summed E-state index contributed by atoms with van der Waals surface area (Å²) in [6, 6.07) is 6.05. The van der Waals surface area contributed by atoms with E-state index in [1.807, 2.05) is 0 Å². The van der Waals surface area contributed by atoms with Gasteiger partial charge in [0.25, 0.3) is 11.6 Å². The van der Waals surface area contributed by atoms with Crippen LogP contribution in [0.2, 0.25) is 0 Å². The highest BCUT2D eigenvalue weighted by atomic mass is 16.6. The van der Waals surface area contributed by atoms with Crippen molar-refractivity contribution in [3.8, 4) is 0 Å².